The molecule has 1 fully saturated rings. The van der Waals surface area contributed by atoms with Gasteiger partial charge in [0.15, 0.2) is 5.69 Å². The predicted molar refractivity (Wildman–Crippen MR) is 72.3 cm³/mol. The Morgan fingerprint density at radius 2 is 1.76 bits per heavy atom. The highest BCUT2D eigenvalue weighted by molar-refractivity contribution is 7.96. The van der Waals surface area contributed by atoms with Gasteiger partial charge in [-0.25, -0.2) is 9.14 Å². The van der Waals surface area contributed by atoms with Gasteiger partial charge in [-0.15, -0.1) is 0 Å². The van der Waals surface area contributed by atoms with Gasteiger partial charge in [-0.1, -0.05) is 11.9 Å². The van der Waals surface area contributed by atoms with E-state index in [4.69, 9.17) is 4.84 Å². The fourth-order valence-electron chi connectivity index (χ4n) is 2.03. The quantitative estimate of drug-likeness (QED) is 0.490. The second-order valence-electron chi connectivity index (χ2n) is 4.04. The first kappa shape index (κ1) is 12.7. The zero-order valence-corrected chi connectivity index (χ0v) is 11.2. The smallest absolute Gasteiger partial charge is 0.162 e. The maximum atomic E-state index is 4.99. The average molecular weight is 254 g/mol. The first-order chi connectivity index (χ1) is 8.33. The fourth-order valence-corrected chi connectivity index (χ4v) is 2.56. The van der Waals surface area contributed by atoms with Crippen molar-refractivity contribution in [3.05, 3.63) is 24.3 Å². The minimum atomic E-state index is 1.11. The molecular weight excluding hydrogens is 234 g/mol. The first-order valence-corrected chi connectivity index (χ1v) is 7.01. The predicted octanol–water partition coefficient (Wildman–Crippen LogP) is 0.843. The molecule has 1 aliphatic heterocycles. The maximum absolute atomic E-state index is 4.99. The second kappa shape index (κ2) is 6.26. The molecule has 1 heterocycles. The summed E-state index contributed by atoms with van der Waals surface area (Å²) in [5.74, 6) is 0. The third-order valence-electron chi connectivity index (χ3n) is 3.01. The van der Waals surface area contributed by atoms with Crippen LogP contribution in [0.15, 0.2) is 24.3 Å². The van der Waals surface area contributed by atoms with E-state index < -0.39 is 0 Å². The number of quaternary nitrogens is 1. The number of hydrogen-bond acceptors (Lipinski definition) is 4. The van der Waals surface area contributed by atoms with Crippen LogP contribution in [0.3, 0.4) is 0 Å². The van der Waals surface area contributed by atoms with E-state index in [0.717, 1.165) is 31.9 Å². The standard InChI is InChI=1S/C12H19N3OS/c1-16-13-11-3-5-12(6-4-11)14-7-9-15(17-2)10-8-14/h3-6,13H,7-10H2,1-2H3/p+1. The van der Waals surface area contributed by atoms with Crippen LogP contribution in [0.1, 0.15) is 0 Å². The zero-order chi connectivity index (χ0) is 12.1. The van der Waals surface area contributed by atoms with Crippen molar-refractivity contribution < 1.29 is 10.3 Å². The Morgan fingerprint density at radius 3 is 2.29 bits per heavy atom. The normalized spacial score (nSPS) is 17.4. The molecule has 94 valence electrons. The van der Waals surface area contributed by atoms with E-state index in [0.29, 0.717) is 0 Å². The van der Waals surface area contributed by atoms with Gasteiger partial charge in [0, 0.05) is 44.0 Å². The Bertz CT molecular complexity index is 336. The SMILES string of the molecule is CO[NH2+]c1ccc(N2CCN(SC)CC2)cc1. The number of piperazine rings is 1. The molecule has 0 bridgehead atoms. The van der Waals surface area contributed by atoms with Crippen molar-refractivity contribution >= 4 is 23.3 Å². The van der Waals surface area contributed by atoms with Gasteiger partial charge in [0.1, 0.15) is 0 Å². The van der Waals surface area contributed by atoms with Crippen LogP contribution < -0.4 is 10.4 Å². The summed E-state index contributed by atoms with van der Waals surface area (Å²) in [4.78, 5) is 7.43. The number of nitrogens with two attached hydrogens (primary N) is 1. The van der Waals surface area contributed by atoms with Crippen molar-refractivity contribution in [2.45, 2.75) is 0 Å². The Hall–Kier alpha value is -0.750. The van der Waals surface area contributed by atoms with Crippen molar-refractivity contribution in [1.29, 1.82) is 0 Å². The molecule has 0 unspecified atom stereocenters. The first-order valence-electron chi connectivity index (χ1n) is 5.83. The van der Waals surface area contributed by atoms with E-state index >= 15 is 0 Å². The number of hydrogen-bond donors (Lipinski definition) is 1. The lowest BCUT2D eigenvalue weighted by molar-refractivity contribution is -0.830. The number of rotatable bonds is 4. The summed E-state index contributed by atoms with van der Waals surface area (Å²) in [7, 11) is 1.68. The fraction of sp³-hybridized carbons (Fsp3) is 0.500. The highest BCUT2D eigenvalue weighted by Gasteiger charge is 2.16. The van der Waals surface area contributed by atoms with Crippen LogP contribution in [0.5, 0.6) is 0 Å². The summed E-state index contributed by atoms with van der Waals surface area (Å²) in [5.41, 5.74) is 4.17. The molecule has 1 saturated heterocycles. The summed E-state index contributed by atoms with van der Waals surface area (Å²) in [5, 5.41) is 0. The lowest BCUT2D eigenvalue weighted by Crippen LogP contribution is -2.75. The molecule has 0 saturated carbocycles. The van der Waals surface area contributed by atoms with Crippen molar-refractivity contribution in [2.24, 2.45) is 0 Å². The molecule has 4 nitrogen and oxygen atoms in total. The van der Waals surface area contributed by atoms with Crippen LogP contribution in [-0.2, 0) is 4.84 Å². The van der Waals surface area contributed by atoms with Crippen LogP contribution in [0.2, 0.25) is 0 Å². The van der Waals surface area contributed by atoms with Gasteiger partial charge in [0.25, 0.3) is 0 Å². The molecule has 17 heavy (non-hydrogen) atoms. The summed E-state index contributed by atoms with van der Waals surface area (Å²) >= 11 is 1.84. The van der Waals surface area contributed by atoms with E-state index in [1.165, 1.54) is 5.69 Å². The topological polar surface area (TPSA) is 32.3 Å². The van der Waals surface area contributed by atoms with Crippen molar-refractivity contribution in [2.75, 3.05) is 44.4 Å². The highest BCUT2D eigenvalue weighted by atomic mass is 32.2. The molecule has 2 rings (SSSR count). The van der Waals surface area contributed by atoms with Crippen molar-refractivity contribution in [3.63, 3.8) is 0 Å². The van der Waals surface area contributed by atoms with Gasteiger partial charge >= 0.3 is 0 Å². The average Bonchev–Trinajstić information content (AvgIpc) is 2.40. The van der Waals surface area contributed by atoms with Gasteiger partial charge in [-0.05, 0) is 18.4 Å². The van der Waals surface area contributed by atoms with Gasteiger partial charge in [-0.3, -0.25) is 0 Å². The Kier molecular flexibility index (Phi) is 4.67. The van der Waals surface area contributed by atoms with E-state index in [1.807, 2.05) is 11.9 Å². The van der Waals surface area contributed by atoms with E-state index in [9.17, 15) is 0 Å². The third kappa shape index (κ3) is 3.35. The molecular formula is C12H20N3OS+. The van der Waals surface area contributed by atoms with Crippen LogP contribution in [0, 0.1) is 0 Å². The van der Waals surface area contributed by atoms with Gasteiger partial charge in [-0.2, -0.15) is 5.48 Å². The third-order valence-corrected chi connectivity index (χ3v) is 3.89. The molecule has 1 aliphatic rings. The number of benzene rings is 1. The van der Waals surface area contributed by atoms with E-state index in [2.05, 4.69) is 39.7 Å². The molecule has 2 N–H and O–H groups in total. The molecule has 0 aromatic heterocycles. The maximum Gasteiger partial charge on any atom is 0.162 e. The number of anilines is 1. The Balaban J connectivity index is 1.94. The summed E-state index contributed by atoms with van der Waals surface area (Å²) in [6, 6.07) is 8.53. The molecule has 0 atom stereocenters. The highest BCUT2D eigenvalue weighted by Crippen LogP contribution is 2.19. The lowest BCUT2D eigenvalue weighted by Gasteiger charge is -2.34. The van der Waals surface area contributed by atoms with Crippen LogP contribution in [0.4, 0.5) is 11.4 Å². The molecule has 0 radical (unpaired) electrons. The van der Waals surface area contributed by atoms with Gasteiger partial charge in [0.2, 0.25) is 0 Å². The minimum absolute atomic E-state index is 1.11. The minimum Gasteiger partial charge on any atom is -0.369 e. The van der Waals surface area contributed by atoms with Crippen LogP contribution in [0.25, 0.3) is 0 Å². The molecule has 0 aliphatic carbocycles. The van der Waals surface area contributed by atoms with Gasteiger partial charge in [0.05, 0.1) is 7.11 Å². The van der Waals surface area contributed by atoms with Gasteiger partial charge < -0.3 is 4.90 Å². The second-order valence-corrected chi connectivity index (χ2v) is 4.93. The van der Waals surface area contributed by atoms with Crippen LogP contribution >= 0.6 is 11.9 Å². The van der Waals surface area contributed by atoms with Crippen LogP contribution in [-0.4, -0.2) is 43.8 Å². The largest absolute Gasteiger partial charge is 0.369 e. The summed E-state index contributed by atoms with van der Waals surface area (Å²) in [6.45, 7) is 4.47. The summed E-state index contributed by atoms with van der Waals surface area (Å²) < 4.78 is 2.41. The number of nitrogens with zero attached hydrogens (tertiary/aromatic N) is 2. The lowest BCUT2D eigenvalue weighted by atomic mass is 10.2. The van der Waals surface area contributed by atoms with E-state index in [1.54, 1.807) is 12.6 Å². The van der Waals surface area contributed by atoms with Crippen molar-refractivity contribution in [1.82, 2.24) is 4.31 Å². The molecule has 0 amide bonds. The molecule has 1 aromatic carbocycles. The molecule has 5 heteroatoms. The van der Waals surface area contributed by atoms with Crippen molar-refractivity contribution in [3.8, 4) is 0 Å². The molecule has 0 spiro atoms. The monoisotopic (exact) mass is 254 g/mol. The zero-order valence-electron chi connectivity index (χ0n) is 10.4. The summed E-state index contributed by atoms with van der Waals surface area (Å²) in [6.07, 6.45) is 2.14. The Morgan fingerprint density at radius 1 is 1.12 bits per heavy atom. The Labute approximate surface area is 107 Å². The van der Waals surface area contributed by atoms with E-state index in [-0.39, 0.29) is 0 Å². The molecule has 1 aromatic rings.